The molecule has 1 heterocycles. The summed E-state index contributed by atoms with van der Waals surface area (Å²) in [4.78, 5) is 39.3. The summed E-state index contributed by atoms with van der Waals surface area (Å²) in [5.41, 5.74) is 6.75. The van der Waals surface area contributed by atoms with Crippen LogP contribution in [0.1, 0.15) is 22.3 Å². The summed E-state index contributed by atoms with van der Waals surface area (Å²) in [6.07, 6.45) is 4.12. The smallest absolute Gasteiger partial charge is 0.271 e. The molecule has 0 spiro atoms. The Kier molecular flexibility index (Phi) is 5.00. The standard InChI is InChI=1S/C30H24N2O4/c1-17-6-10-19(11-7-17)25(20-12-8-18(2)9-13-20)26-23-14-15-24(26)28-27(23)29(33)31(30(28)34)21-4-3-5-22(16-21)32(35)36/h3-16,23-24,27-28H,1-2H3/t23-,24-,27+,28+/m0/s1. The van der Waals surface area contributed by atoms with Gasteiger partial charge in [-0.25, -0.2) is 4.90 Å². The highest BCUT2D eigenvalue weighted by Gasteiger charge is 2.62. The van der Waals surface area contributed by atoms with E-state index in [1.807, 2.05) is 13.8 Å². The molecule has 1 saturated heterocycles. The molecule has 6 rings (SSSR count). The average molecular weight is 477 g/mol. The molecule has 2 aliphatic carbocycles. The summed E-state index contributed by atoms with van der Waals surface area (Å²) in [6, 6.07) is 22.5. The highest BCUT2D eigenvalue weighted by molar-refractivity contribution is 6.23. The molecule has 3 aromatic rings. The van der Waals surface area contributed by atoms with E-state index < -0.39 is 16.8 Å². The monoisotopic (exact) mass is 476 g/mol. The number of hydrogen-bond donors (Lipinski definition) is 0. The van der Waals surface area contributed by atoms with E-state index in [1.165, 1.54) is 18.2 Å². The summed E-state index contributed by atoms with van der Waals surface area (Å²) in [5, 5.41) is 11.3. The van der Waals surface area contributed by atoms with Crippen LogP contribution in [0.3, 0.4) is 0 Å². The predicted octanol–water partition coefficient (Wildman–Crippen LogP) is 5.64. The minimum atomic E-state index is -0.517. The Morgan fingerprint density at radius 3 is 1.75 bits per heavy atom. The van der Waals surface area contributed by atoms with Crippen molar-refractivity contribution < 1.29 is 14.5 Å². The fourth-order valence-electron chi connectivity index (χ4n) is 6.04. The minimum Gasteiger partial charge on any atom is -0.274 e. The van der Waals surface area contributed by atoms with Gasteiger partial charge in [0.2, 0.25) is 11.8 Å². The molecular weight excluding hydrogens is 452 g/mol. The predicted molar refractivity (Wildman–Crippen MR) is 137 cm³/mol. The molecule has 36 heavy (non-hydrogen) atoms. The number of hydrogen-bond acceptors (Lipinski definition) is 4. The molecule has 1 aliphatic heterocycles. The van der Waals surface area contributed by atoms with Crippen LogP contribution in [0, 0.1) is 47.6 Å². The van der Waals surface area contributed by atoms with Gasteiger partial charge in [0.15, 0.2) is 0 Å². The van der Waals surface area contributed by atoms with Gasteiger partial charge in [-0.15, -0.1) is 0 Å². The van der Waals surface area contributed by atoms with Gasteiger partial charge < -0.3 is 0 Å². The molecule has 1 saturated carbocycles. The Morgan fingerprint density at radius 1 is 0.778 bits per heavy atom. The topological polar surface area (TPSA) is 80.5 Å². The van der Waals surface area contributed by atoms with Gasteiger partial charge in [-0.1, -0.05) is 77.9 Å². The van der Waals surface area contributed by atoms with E-state index in [4.69, 9.17) is 0 Å². The van der Waals surface area contributed by atoms with Gasteiger partial charge in [-0.2, -0.15) is 0 Å². The van der Waals surface area contributed by atoms with Crippen LogP contribution in [-0.2, 0) is 9.59 Å². The number of nitro groups is 1. The van der Waals surface area contributed by atoms with E-state index in [0.29, 0.717) is 0 Å². The number of anilines is 1. The maximum absolute atomic E-state index is 13.7. The molecule has 0 N–H and O–H groups in total. The van der Waals surface area contributed by atoms with Crippen LogP contribution in [0.4, 0.5) is 11.4 Å². The van der Waals surface area contributed by atoms with Crippen LogP contribution >= 0.6 is 0 Å². The number of imide groups is 1. The first-order valence-electron chi connectivity index (χ1n) is 12.0. The number of rotatable bonds is 4. The Hall–Kier alpha value is -4.32. The molecule has 6 heteroatoms. The number of aryl methyl sites for hydroxylation is 2. The van der Waals surface area contributed by atoms with Crippen molar-refractivity contribution in [1.29, 1.82) is 0 Å². The van der Waals surface area contributed by atoms with E-state index in [-0.39, 0.29) is 35.0 Å². The van der Waals surface area contributed by atoms with Crippen LogP contribution in [0.5, 0.6) is 0 Å². The van der Waals surface area contributed by atoms with Gasteiger partial charge >= 0.3 is 0 Å². The van der Waals surface area contributed by atoms with Gasteiger partial charge in [0, 0.05) is 24.0 Å². The number of carbonyl (C=O) groups is 2. The third-order valence-electron chi connectivity index (χ3n) is 7.68. The van der Waals surface area contributed by atoms with Gasteiger partial charge in [-0.3, -0.25) is 19.7 Å². The number of allylic oxidation sites excluding steroid dienone is 3. The number of benzene rings is 3. The Labute approximate surface area is 208 Å². The molecule has 2 bridgehead atoms. The summed E-state index contributed by atoms with van der Waals surface area (Å²) in [6.45, 7) is 4.10. The lowest BCUT2D eigenvalue weighted by atomic mass is 9.85. The first kappa shape index (κ1) is 22.2. The van der Waals surface area contributed by atoms with E-state index in [1.54, 1.807) is 6.07 Å². The SMILES string of the molecule is Cc1ccc(C(=C2[C@@H]3C=C[C@@H]2[C@H]2C(=O)N(c4cccc([N+](=O)[O-])c4)C(=O)[C@@H]23)c2ccc(C)cc2)cc1. The van der Waals surface area contributed by atoms with Crippen molar-refractivity contribution in [2.75, 3.05) is 4.90 Å². The Bertz CT molecular complexity index is 1400. The van der Waals surface area contributed by atoms with Gasteiger partial charge in [-0.05, 0) is 42.2 Å². The van der Waals surface area contributed by atoms with Crippen LogP contribution in [-0.4, -0.2) is 16.7 Å². The lowest BCUT2D eigenvalue weighted by Gasteiger charge is -2.21. The summed E-state index contributed by atoms with van der Waals surface area (Å²) < 4.78 is 0. The van der Waals surface area contributed by atoms with E-state index >= 15 is 0 Å². The molecule has 0 aromatic heterocycles. The van der Waals surface area contributed by atoms with E-state index in [9.17, 15) is 19.7 Å². The van der Waals surface area contributed by atoms with E-state index in [2.05, 4.69) is 60.7 Å². The maximum Gasteiger partial charge on any atom is 0.271 e. The van der Waals surface area contributed by atoms with Crippen LogP contribution < -0.4 is 4.90 Å². The Morgan fingerprint density at radius 2 is 1.28 bits per heavy atom. The molecule has 2 amide bonds. The van der Waals surface area contributed by atoms with Crippen LogP contribution in [0.2, 0.25) is 0 Å². The molecule has 3 aliphatic rings. The minimum absolute atomic E-state index is 0.145. The quantitative estimate of drug-likeness (QED) is 0.211. The maximum atomic E-state index is 13.7. The molecule has 2 fully saturated rings. The molecule has 3 aromatic carbocycles. The fraction of sp³-hybridized carbons (Fsp3) is 0.200. The van der Waals surface area contributed by atoms with Crippen molar-refractivity contribution in [3.63, 3.8) is 0 Å². The first-order valence-corrected chi connectivity index (χ1v) is 12.0. The lowest BCUT2D eigenvalue weighted by molar-refractivity contribution is -0.384. The second-order valence-electron chi connectivity index (χ2n) is 9.84. The van der Waals surface area contributed by atoms with Gasteiger partial charge in [0.1, 0.15) is 0 Å². The first-order chi connectivity index (χ1) is 17.3. The highest BCUT2D eigenvalue weighted by Crippen LogP contribution is 2.59. The van der Waals surface area contributed by atoms with Crippen molar-refractivity contribution in [1.82, 2.24) is 0 Å². The number of fused-ring (bicyclic) bond motifs is 5. The highest BCUT2D eigenvalue weighted by atomic mass is 16.6. The van der Waals surface area contributed by atoms with Crippen LogP contribution in [0.25, 0.3) is 5.57 Å². The van der Waals surface area contributed by atoms with Crippen molar-refractivity contribution in [2.45, 2.75) is 13.8 Å². The lowest BCUT2D eigenvalue weighted by Crippen LogP contribution is -2.33. The van der Waals surface area contributed by atoms with Gasteiger partial charge in [0.05, 0.1) is 22.4 Å². The largest absolute Gasteiger partial charge is 0.274 e. The number of nitro benzene ring substituents is 1. The number of amides is 2. The molecule has 0 radical (unpaired) electrons. The van der Waals surface area contributed by atoms with Crippen molar-refractivity contribution in [3.8, 4) is 0 Å². The fourth-order valence-corrected chi connectivity index (χ4v) is 6.04. The number of nitrogens with zero attached hydrogens (tertiary/aromatic N) is 2. The zero-order valence-electron chi connectivity index (χ0n) is 19.9. The van der Waals surface area contributed by atoms with Crippen molar-refractivity contribution >= 4 is 28.8 Å². The molecular formula is C30H24N2O4. The summed E-state index contributed by atoms with van der Waals surface area (Å²) in [5.74, 6) is -1.98. The zero-order chi connectivity index (χ0) is 25.1. The second kappa shape index (κ2) is 8.12. The van der Waals surface area contributed by atoms with Crippen molar-refractivity contribution in [2.24, 2.45) is 23.7 Å². The molecule has 4 atom stereocenters. The average Bonchev–Trinajstić information content (AvgIpc) is 3.50. The summed E-state index contributed by atoms with van der Waals surface area (Å²) >= 11 is 0. The van der Waals surface area contributed by atoms with E-state index in [0.717, 1.165) is 38.3 Å². The number of non-ortho nitro benzene ring substituents is 1. The summed E-state index contributed by atoms with van der Waals surface area (Å²) in [7, 11) is 0. The molecule has 178 valence electrons. The van der Waals surface area contributed by atoms with Crippen LogP contribution in [0.15, 0.2) is 90.5 Å². The zero-order valence-corrected chi connectivity index (χ0v) is 19.9. The third-order valence-corrected chi connectivity index (χ3v) is 7.68. The van der Waals surface area contributed by atoms with Gasteiger partial charge in [0.25, 0.3) is 5.69 Å². The number of carbonyl (C=O) groups excluding carboxylic acids is 2. The third kappa shape index (κ3) is 3.25. The molecule has 0 unspecified atom stereocenters. The molecule has 6 nitrogen and oxygen atoms in total. The van der Waals surface area contributed by atoms with Crippen molar-refractivity contribution in [3.05, 3.63) is 123 Å². The Balaban J connectivity index is 1.47. The normalized spacial score (nSPS) is 23.9. The second-order valence-corrected chi connectivity index (χ2v) is 9.84.